The second-order valence-electron chi connectivity index (χ2n) is 10.3. The number of hydrogen-bond donors (Lipinski definition) is 1. The molecule has 2 heterocycles. The second kappa shape index (κ2) is 15.0. The van der Waals surface area contributed by atoms with Crippen molar-refractivity contribution in [1.29, 1.82) is 0 Å². The SMILES string of the molecule is CCOC(=O)c1sc(-c2cccc(N(C(=O)C(F)(F)F)C3CCN(S(=O)(=O)Cc4cccc(N)c4)CC3)c2)c(Br)c1OCC(=O)OC. The molecule has 0 saturated carbocycles. The summed E-state index contributed by atoms with van der Waals surface area (Å²) < 4.78 is 84.7. The van der Waals surface area contributed by atoms with Gasteiger partial charge in [0, 0.05) is 30.5 Å². The van der Waals surface area contributed by atoms with Crippen molar-refractivity contribution < 1.29 is 50.2 Å². The molecule has 1 aromatic heterocycles. The van der Waals surface area contributed by atoms with E-state index in [0.29, 0.717) is 26.6 Å². The van der Waals surface area contributed by atoms with Gasteiger partial charge in [0.1, 0.15) is 0 Å². The van der Waals surface area contributed by atoms with Crippen LogP contribution in [0.25, 0.3) is 10.4 Å². The van der Waals surface area contributed by atoms with E-state index < -0.39 is 46.7 Å². The van der Waals surface area contributed by atoms with E-state index in [-0.39, 0.29) is 59.1 Å². The first kappa shape index (κ1) is 36.2. The first-order chi connectivity index (χ1) is 22.2. The molecule has 0 bridgehead atoms. The van der Waals surface area contributed by atoms with Crippen LogP contribution in [0, 0.1) is 0 Å². The monoisotopic (exact) mass is 761 g/mol. The van der Waals surface area contributed by atoms with E-state index in [2.05, 4.69) is 20.7 Å². The minimum absolute atomic E-state index is 0.00183. The Bertz CT molecular complexity index is 1740. The molecule has 11 nitrogen and oxygen atoms in total. The smallest absolute Gasteiger partial charge is 0.471 e. The van der Waals surface area contributed by atoms with Crippen molar-refractivity contribution >= 4 is 66.5 Å². The van der Waals surface area contributed by atoms with E-state index in [9.17, 15) is 36.0 Å². The largest absolute Gasteiger partial charge is 0.479 e. The highest BCUT2D eigenvalue weighted by atomic mass is 79.9. The van der Waals surface area contributed by atoms with Crippen molar-refractivity contribution in [2.75, 3.05) is 44.0 Å². The van der Waals surface area contributed by atoms with E-state index in [0.717, 1.165) is 18.4 Å². The molecule has 0 unspecified atom stereocenters. The zero-order valence-corrected chi connectivity index (χ0v) is 28.4. The molecule has 1 amide bonds. The highest BCUT2D eigenvalue weighted by Crippen LogP contribution is 2.47. The van der Waals surface area contributed by atoms with Crippen molar-refractivity contribution in [3.05, 3.63) is 63.4 Å². The van der Waals surface area contributed by atoms with E-state index in [1.807, 2.05) is 0 Å². The van der Waals surface area contributed by atoms with E-state index >= 15 is 0 Å². The minimum Gasteiger partial charge on any atom is -0.479 e. The van der Waals surface area contributed by atoms with Crippen molar-refractivity contribution in [2.45, 2.75) is 37.7 Å². The van der Waals surface area contributed by atoms with E-state index in [1.54, 1.807) is 31.2 Å². The lowest BCUT2D eigenvalue weighted by Gasteiger charge is -2.38. The number of alkyl halides is 3. The standard InChI is InChI=1S/C30H31BrF3N3O8S2/c1-3-44-28(39)27-25(45-16-23(38)43-2)24(31)26(46-27)19-7-5-9-22(15-19)37(29(40)30(32,33)34)21-10-12-36(13-11-21)47(41,42)17-18-6-4-8-20(35)14-18/h4-9,14-15,21H,3,10-13,16-17,35H2,1-2H3. The Morgan fingerprint density at radius 2 is 1.79 bits per heavy atom. The quantitative estimate of drug-likeness (QED) is 0.201. The normalized spacial score (nSPS) is 14.4. The van der Waals surface area contributed by atoms with Crippen LogP contribution in [0.2, 0.25) is 0 Å². The molecule has 1 aliphatic rings. The third-order valence-corrected chi connectivity index (χ3v) is 11.2. The molecule has 0 spiro atoms. The van der Waals surface area contributed by atoms with Crippen molar-refractivity contribution in [1.82, 2.24) is 4.31 Å². The Morgan fingerprint density at radius 1 is 1.11 bits per heavy atom. The summed E-state index contributed by atoms with van der Waals surface area (Å²) in [6.07, 6.45) is -5.32. The number of ether oxygens (including phenoxy) is 3. The Kier molecular flexibility index (Phi) is 11.6. The molecule has 2 N–H and O–H groups in total. The number of benzene rings is 2. The molecule has 0 aliphatic carbocycles. The van der Waals surface area contributed by atoms with Gasteiger partial charge in [-0.05, 0) is 71.1 Å². The van der Waals surface area contributed by atoms with Crippen LogP contribution in [-0.2, 0) is 34.8 Å². The summed E-state index contributed by atoms with van der Waals surface area (Å²) in [5, 5.41) is 0. The minimum atomic E-state index is -5.22. The highest BCUT2D eigenvalue weighted by molar-refractivity contribution is 9.10. The van der Waals surface area contributed by atoms with Gasteiger partial charge in [-0.3, -0.25) is 4.79 Å². The number of anilines is 2. The number of carbonyl (C=O) groups is 3. The summed E-state index contributed by atoms with van der Waals surface area (Å²) in [4.78, 5) is 38.3. The molecule has 1 aliphatic heterocycles. The number of thiophene rings is 1. The Morgan fingerprint density at radius 3 is 2.40 bits per heavy atom. The molecule has 4 rings (SSSR count). The maximum absolute atomic E-state index is 13.9. The number of nitrogen functional groups attached to an aromatic ring is 1. The predicted octanol–water partition coefficient (Wildman–Crippen LogP) is 5.38. The Hall–Kier alpha value is -3.67. The number of amides is 1. The summed E-state index contributed by atoms with van der Waals surface area (Å²) in [5.74, 6) is -3.91. The molecule has 1 saturated heterocycles. The zero-order valence-electron chi connectivity index (χ0n) is 25.2. The molecule has 0 radical (unpaired) electrons. The summed E-state index contributed by atoms with van der Waals surface area (Å²) in [5.41, 5.74) is 6.89. The fourth-order valence-corrected chi connectivity index (χ4v) is 8.52. The van der Waals surface area contributed by atoms with Gasteiger partial charge in [-0.15, -0.1) is 11.3 Å². The van der Waals surface area contributed by atoms with Crippen LogP contribution in [-0.4, -0.2) is 76.2 Å². The summed E-state index contributed by atoms with van der Waals surface area (Å²) in [6, 6.07) is 11.2. The highest BCUT2D eigenvalue weighted by Gasteiger charge is 2.46. The first-order valence-electron chi connectivity index (χ1n) is 14.2. The number of halogens is 4. The Labute approximate surface area is 281 Å². The van der Waals surface area contributed by atoms with Gasteiger partial charge >= 0.3 is 24.0 Å². The van der Waals surface area contributed by atoms with E-state index in [4.69, 9.17) is 15.2 Å². The van der Waals surface area contributed by atoms with Gasteiger partial charge in [-0.25, -0.2) is 22.3 Å². The van der Waals surface area contributed by atoms with Crippen LogP contribution in [0.1, 0.15) is 35.0 Å². The number of esters is 2. The maximum atomic E-state index is 13.9. The van der Waals surface area contributed by atoms with Gasteiger partial charge in [0.05, 0.1) is 28.8 Å². The second-order valence-corrected chi connectivity index (χ2v) is 14.1. The van der Waals surface area contributed by atoms with Crippen LogP contribution in [0.3, 0.4) is 0 Å². The number of nitrogens with two attached hydrogens (primary N) is 1. The number of methoxy groups -OCH3 is 1. The Balaban J connectivity index is 1.64. The third kappa shape index (κ3) is 8.63. The molecule has 0 atom stereocenters. The van der Waals surface area contributed by atoms with Gasteiger partial charge in [0.25, 0.3) is 0 Å². The van der Waals surface area contributed by atoms with Gasteiger partial charge in [0.15, 0.2) is 17.2 Å². The van der Waals surface area contributed by atoms with Crippen molar-refractivity contribution in [3.8, 4) is 16.2 Å². The molecular formula is C30H31BrF3N3O8S2. The third-order valence-electron chi connectivity index (χ3n) is 7.16. The number of hydrogen-bond acceptors (Lipinski definition) is 10. The molecule has 17 heteroatoms. The lowest BCUT2D eigenvalue weighted by atomic mass is 10.0. The number of carbonyl (C=O) groups excluding carboxylic acids is 3. The molecule has 1 fully saturated rings. The van der Waals surface area contributed by atoms with Crippen LogP contribution in [0.4, 0.5) is 24.5 Å². The number of piperidine rings is 1. The average Bonchev–Trinajstić information content (AvgIpc) is 3.35. The molecule has 47 heavy (non-hydrogen) atoms. The molecule has 2 aromatic carbocycles. The average molecular weight is 763 g/mol. The van der Waals surface area contributed by atoms with Gasteiger partial charge < -0.3 is 24.8 Å². The van der Waals surface area contributed by atoms with Gasteiger partial charge in [0.2, 0.25) is 10.0 Å². The molecule has 254 valence electrons. The maximum Gasteiger partial charge on any atom is 0.471 e. The van der Waals surface area contributed by atoms with Crippen molar-refractivity contribution in [3.63, 3.8) is 0 Å². The summed E-state index contributed by atoms with van der Waals surface area (Å²) in [7, 11) is -2.66. The summed E-state index contributed by atoms with van der Waals surface area (Å²) in [6.45, 7) is 0.921. The molecular weight excluding hydrogens is 731 g/mol. The first-order valence-corrected chi connectivity index (χ1v) is 17.4. The summed E-state index contributed by atoms with van der Waals surface area (Å²) >= 11 is 4.29. The van der Waals surface area contributed by atoms with Gasteiger partial charge in [-0.2, -0.15) is 13.2 Å². The van der Waals surface area contributed by atoms with Crippen LogP contribution in [0.15, 0.2) is 53.0 Å². The predicted molar refractivity (Wildman–Crippen MR) is 173 cm³/mol. The van der Waals surface area contributed by atoms with Crippen LogP contribution < -0.4 is 15.4 Å². The molecule has 3 aromatic rings. The van der Waals surface area contributed by atoms with Crippen molar-refractivity contribution in [2.24, 2.45) is 0 Å². The van der Waals surface area contributed by atoms with Crippen LogP contribution >= 0.6 is 27.3 Å². The fourth-order valence-electron chi connectivity index (χ4n) is 5.02. The lowest BCUT2D eigenvalue weighted by molar-refractivity contribution is -0.171. The lowest BCUT2D eigenvalue weighted by Crippen LogP contribution is -2.52. The topological polar surface area (TPSA) is 146 Å². The fraction of sp³-hybridized carbons (Fsp3) is 0.367. The van der Waals surface area contributed by atoms with E-state index in [1.165, 1.54) is 28.6 Å². The number of rotatable bonds is 11. The number of nitrogens with zero attached hydrogens (tertiary/aromatic N) is 2. The van der Waals surface area contributed by atoms with Crippen LogP contribution in [0.5, 0.6) is 5.75 Å². The van der Waals surface area contributed by atoms with Gasteiger partial charge in [-0.1, -0.05) is 24.3 Å². The number of sulfonamides is 1. The zero-order chi connectivity index (χ0) is 34.5.